The number of fused-ring (bicyclic) bond motifs is 2. The Hall–Kier alpha value is -3.41. The lowest BCUT2D eigenvalue weighted by atomic mass is 10.1. The fourth-order valence-corrected chi connectivity index (χ4v) is 3.35. The maximum Gasteiger partial charge on any atom is 0.280 e. The van der Waals surface area contributed by atoms with Gasteiger partial charge in [0.25, 0.3) is 5.69 Å². The minimum atomic E-state index is -0.497. The number of hydrogen-bond donors (Lipinski definition) is 0. The molecule has 0 radical (unpaired) electrons. The van der Waals surface area contributed by atoms with E-state index >= 15 is 0 Å². The third kappa shape index (κ3) is 3.21. The van der Waals surface area contributed by atoms with Gasteiger partial charge in [-0.25, -0.2) is 0 Å². The van der Waals surface area contributed by atoms with Gasteiger partial charge < -0.3 is 14.0 Å². The number of aryl methyl sites for hydroxylation is 1. The van der Waals surface area contributed by atoms with E-state index in [0.717, 1.165) is 38.1 Å². The van der Waals surface area contributed by atoms with Gasteiger partial charge >= 0.3 is 0 Å². The number of rotatable bonds is 3. The minimum absolute atomic E-state index is 0.150. The lowest BCUT2D eigenvalue weighted by Crippen LogP contribution is -2.15. The van der Waals surface area contributed by atoms with Gasteiger partial charge in [-0.2, -0.15) is 5.26 Å². The Kier molecular flexibility index (Phi) is 4.46. The molecule has 0 bridgehead atoms. The van der Waals surface area contributed by atoms with Crippen molar-refractivity contribution in [1.29, 1.82) is 5.26 Å². The van der Waals surface area contributed by atoms with Crippen molar-refractivity contribution in [2.75, 3.05) is 13.2 Å². The Bertz CT molecular complexity index is 973. The molecule has 0 fully saturated rings. The van der Waals surface area contributed by atoms with Crippen LogP contribution in [0.3, 0.4) is 0 Å². The van der Waals surface area contributed by atoms with Crippen molar-refractivity contribution in [3.63, 3.8) is 0 Å². The van der Waals surface area contributed by atoms with Gasteiger partial charge in [0.2, 0.25) is 0 Å². The monoisotopic (exact) mass is 367 g/mol. The molecule has 2 aromatic rings. The van der Waals surface area contributed by atoms with Crippen LogP contribution in [-0.4, -0.2) is 32.9 Å². The van der Waals surface area contributed by atoms with E-state index < -0.39 is 4.92 Å². The van der Waals surface area contributed by atoms with E-state index in [9.17, 15) is 15.4 Å². The summed E-state index contributed by atoms with van der Waals surface area (Å²) in [6.45, 7) is 1.45. The molecule has 0 N–H and O–H groups in total. The highest BCUT2D eigenvalue weighted by Gasteiger charge is 2.23. The summed E-state index contributed by atoms with van der Waals surface area (Å²) < 4.78 is 12.9. The molecule has 2 aliphatic rings. The second-order valence-electron chi connectivity index (χ2n) is 6.38. The average Bonchev–Trinajstić information content (AvgIpc) is 2.93. The molecule has 27 heavy (non-hydrogen) atoms. The molecule has 138 valence electrons. The molecule has 1 aromatic carbocycles. The van der Waals surface area contributed by atoms with Crippen LogP contribution < -0.4 is 9.47 Å². The summed E-state index contributed by atoms with van der Waals surface area (Å²) in [5, 5.41) is 29.5. The second-order valence-corrected chi connectivity index (χ2v) is 6.38. The number of ether oxygens (including phenoxy) is 2. The molecule has 4 rings (SSSR count). The number of benzene rings is 1. The highest BCUT2D eigenvalue weighted by molar-refractivity contribution is 5.89. The Labute approximate surface area is 155 Å². The Balaban J connectivity index is 1.81. The smallest absolute Gasteiger partial charge is 0.280 e. The van der Waals surface area contributed by atoms with Gasteiger partial charge in [-0.1, -0.05) is 6.42 Å². The molecule has 1 aromatic heterocycles. The number of allylic oxidation sites excluding steroid dienone is 1. The summed E-state index contributed by atoms with van der Waals surface area (Å²) in [7, 11) is 0. The number of nitro groups is 1. The van der Waals surface area contributed by atoms with Gasteiger partial charge in [-0.05, 0) is 25.0 Å². The van der Waals surface area contributed by atoms with Crippen LogP contribution in [0.5, 0.6) is 11.5 Å². The van der Waals surface area contributed by atoms with E-state index in [1.54, 1.807) is 0 Å². The summed E-state index contributed by atoms with van der Waals surface area (Å²) >= 11 is 0. The van der Waals surface area contributed by atoms with Gasteiger partial charge in [0.05, 0.1) is 22.1 Å². The summed E-state index contributed by atoms with van der Waals surface area (Å²) in [5.41, 5.74) is 0.352. The van der Waals surface area contributed by atoms with Crippen LogP contribution >= 0.6 is 0 Å². The van der Waals surface area contributed by atoms with Gasteiger partial charge in [-0.3, -0.25) is 10.1 Å². The first-order valence-electron chi connectivity index (χ1n) is 8.79. The first-order valence-corrected chi connectivity index (χ1v) is 8.79. The van der Waals surface area contributed by atoms with Gasteiger partial charge in [0, 0.05) is 13.0 Å². The predicted octanol–water partition coefficient (Wildman–Crippen LogP) is 2.75. The van der Waals surface area contributed by atoms with Crippen molar-refractivity contribution in [3.05, 3.63) is 39.5 Å². The zero-order valence-electron chi connectivity index (χ0n) is 14.6. The molecule has 0 atom stereocenters. The normalized spacial score (nSPS) is 16.2. The first kappa shape index (κ1) is 17.0. The lowest BCUT2D eigenvalue weighted by Gasteiger charge is -2.18. The van der Waals surface area contributed by atoms with E-state index in [0.29, 0.717) is 30.5 Å². The van der Waals surface area contributed by atoms with Crippen LogP contribution in [0.15, 0.2) is 12.1 Å². The lowest BCUT2D eigenvalue weighted by molar-refractivity contribution is -0.385. The number of nitrogens with zero attached hydrogens (tertiary/aromatic N) is 5. The molecular formula is C18H17N5O4. The van der Waals surface area contributed by atoms with Gasteiger partial charge in [-0.15, -0.1) is 10.2 Å². The summed E-state index contributed by atoms with van der Waals surface area (Å²) in [6.07, 6.45) is 5.41. The highest BCUT2D eigenvalue weighted by atomic mass is 16.6. The van der Waals surface area contributed by atoms with Crippen LogP contribution in [0.25, 0.3) is 11.6 Å². The third-order valence-electron chi connectivity index (χ3n) is 4.66. The molecular weight excluding hydrogens is 350 g/mol. The quantitative estimate of drug-likeness (QED) is 0.465. The third-order valence-corrected chi connectivity index (χ3v) is 4.66. The average molecular weight is 367 g/mol. The second kappa shape index (κ2) is 7.07. The van der Waals surface area contributed by atoms with Gasteiger partial charge in [0.15, 0.2) is 17.3 Å². The molecule has 0 saturated heterocycles. The topological polar surface area (TPSA) is 116 Å². The molecule has 0 amide bonds. The molecule has 0 spiro atoms. The molecule has 3 heterocycles. The number of nitro benzene ring substituents is 1. The van der Waals surface area contributed by atoms with E-state index in [-0.39, 0.29) is 16.8 Å². The van der Waals surface area contributed by atoms with Gasteiger partial charge in [0.1, 0.15) is 25.1 Å². The van der Waals surface area contributed by atoms with Crippen LogP contribution in [0, 0.1) is 21.4 Å². The predicted molar refractivity (Wildman–Crippen MR) is 95.1 cm³/mol. The van der Waals surface area contributed by atoms with Crippen molar-refractivity contribution in [1.82, 2.24) is 14.8 Å². The molecule has 2 aliphatic heterocycles. The van der Waals surface area contributed by atoms with Crippen molar-refractivity contribution in [2.24, 2.45) is 0 Å². The fraction of sp³-hybridized carbons (Fsp3) is 0.389. The van der Waals surface area contributed by atoms with E-state index in [1.807, 2.05) is 4.57 Å². The molecule has 9 heteroatoms. The van der Waals surface area contributed by atoms with E-state index in [2.05, 4.69) is 16.3 Å². The number of aromatic nitrogens is 3. The number of nitriles is 1. The summed E-state index contributed by atoms with van der Waals surface area (Å²) in [5.74, 6) is 2.05. The van der Waals surface area contributed by atoms with Crippen molar-refractivity contribution in [2.45, 2.75) is 32.2 Å². The standard InChI is InChI=1S/C18H17N5O4/c19-11-13(18-21-20-17-4-2-1-3-5-22(17)18)8-12-9-15-16(27-7-6-26-15)10-14(12)23(24)25/h8-10H,1-7H2/b13-8+. The fourth-order valence-electron chi connectivity index (χ4n) is 3.35. The van der Waals surface area contributed by atoms with E-state index in [1.165, 1.54) is 18.2 Å². The molecule has 0 unspecified atom stereocenters. The van der Waals surface area contributed by atoms with Crippen LogP contribution in [0.1, 0.15) is 36.5 Å². The number of hydrogen-bond acceptors (Lipinski definition) is 7. The maximum absolute atomic E-state index is 11.5. The summed E-state index contributed by atoms with van der Waals surface area (Å²) in [4.78, 5) is 11.0. The molecule has 9 nitrogen and oxygen atoms in total. The maximum atomic E-state index is 11.5. The SMILES string of the molecule is N#C/C(=C\c1cc2c(cc1[N+](=O)[O-])OCCO2)c1nnc2n1CCCCC2. The summed E-state index contributed by atoms with van der Waals surface area (Å²) in [6, 6.07) is 4.98. The Morgan fingerprint density at radius 2 is 2.00 bits per heavy atom. The van der Waals surface area contributed by atoms with E-state index in [4.69, 9.17) is 9.47 Å². The zero-order chi connectivity index (χ0) is 18.8. The Morgan fingerprint density at radius 1 is 1.22 bits per heavy atom. The van der Waals surface area contributed by atoms with Crippen LogP contribution in [0.4, 0.5) is 5.69 Å². The van der Waals surface area contributed by atoms with Crippen molar-refractivity contribution in [3.8, 4) is 17.6 Å². The highest BCUT2D eigenvalue weighted by Crippen LogP contribution is 2.38. The van der Waals surface area contributed by atoms with Crippen molar-refractivity contribution < 1.29 is 14.4 Å². The minimum Gasteiger partial charge on any atom is -0.486 e. The van der Waals surface area contributed by atoms with Crippen molar-refractivity contribution >= 4 is 17.3 Å². The molecule has 0 aliphatic carbocycles. The first-order chi connectivity index (χ1) is 13.2. The molecule has 0 saturated carbocycles. The van der Waals surface area contributed by atoms with Crippen LogP contribution in [-0.2, 0) is 13.0 Å². The van der Waals surface area contributed by atoms with Crippen LogP contribution in [0.2, 0.25) is 0 Å². The Morgan fingerprint density at radius 3 is 2.74 bits per heavy atom. The zero-order valence-corrected chi connectivity index (χ0v) is 14.6. The largest absolute Gasteiger partial charge is 0.486 e.